The third-order valence-corrected chi connectivity index (χ3v) is 5.22. The first-order chi connectivity index (χ1) is 8.27. The summed E-state index contributed by atoms with van der Waals surface area (Å²) in [5.41, 5.74) is 0.0148. The number of halogens is 1. The van der Waals surface area contributed by atoms with Crippen molar-refractivity contribution in [2.75, 3.05) is 23.8 Å². The molecule has 1 fully saturated rings. The Balaban J connectivity index is 1.87. The molecule has 2 rings (SSSR count). The first-order valence-electron chi connectivity index (χ1n) is 5.35. The summed E-state index contributed by atoms with van der Waals surface area (Å²) < 4.78 is 13.2. The van der Waals surface area contributed by atoms with Gasteiger partial charge >= 0.3 is 0 Å². The quantitative estimate of drug-likeness (QED) is 0.852. The van der Waals surface area contributed by atoms with Gasteiger partial charge in [-0.15, -0.1) is 0 Å². The maximum absolute atomic E-state index is 13.2. The van der Waals surface area contributed by atoms with E-state index in [9.17, 15) is 9.18 Å². The molecule has 1 aliphatic heterocycles. The van der Waals surface area contributed by atoms with Crippen LogP contribution in [0.5, 0.6) is 0 Å². The minimum atomic E-state index is -0.712. The molecular weight excluding hydrogens is 259 g/mol. The van der Waals surface area contributed by atoms with E-state index >= 15 is 0 Å². The SMILES string of the molecule is O=C(NCC1CSCCS1)c1cccnc1F. The standard InChI is InChI=1S/C11H13FN2OS2/c12-10-9(2-1-3-13-10)11(15)14-6-8-7-16-4-5-17-8/h1-3,8H,4-7H2,(H,14,15). The van der Waals surface area contributed by atoms with E-state index in [2.05, 4.69) is 10.3 Å². The highest BCUT2D eigenvalue weighted by Gasteiger charge is 2.17. The Hall–Kier alpha value is -0.750. The largest absolute Gasteiger partial charge is 0.351 e. The number of nitrogens with zero attached hydrogens (tertiary/aromatic N) is 1. The van der Waals surface area contributed by atoms with Gasteiger partial charge in [-0.25, -0.2) is 4.98 Å². The molecule has 1 unspecified atom stereocenters. The van der Waals surface area contributed by atoms with Crippen LogP contribution in [-0.4, -0.2) is 39.9 Å². The number of nitrogens with one attached hydrogen (secondary N) is 1. The molecule has 2 heterocycles. The zero-order chi connectivity index (χ0) is 12.1. The number of aromatic nitrogens is 1. The van der Waals surface area contributed by atoms with Crippen molar-refractivity contribution in [2.24, 2.45) is 0 Å². The molecule has 17 heavy (non-hydrogen) atoms. The topological polar surface area (TPSA) is 42.0 Å². The number of carbonyl (C=O) groups excluding carboxylic acids is 1. The van der Waals surface area contributed by atoms with Crippen LogP contribution in [0.1, 0.15) is 10.4 Å². The van der Waals surface area contributed by atoms with Gasteiger partial charge in [0.15, 0.2) is 0 Å². The number of amides is 1. The molecule has 0 bridgehead atoms. The second-order valence-corrected chi connectivity index (χ2v) is 6.18. The van der Waals surface area contributed by atoms with Crippen molar-refractivity contribution in [3.8, 4) is 0 Å². The number of hydrogen-bond donors (Lipinski definition) is 1. The summed E-state index contributed by atoms with van der Waals surface area (Å²) in [4.78, 5) is 15.2. The second kappa shape index (κ2) is 6.26. The summed E-state index contributed by atoms with van der Waals surface area (Å²) in [7, 11) is 0. The molecule has 3 nitrogen and oxygen atoms in total. The van der Waals surface area contributed by atoms with Crippen molar-refractivity contribution in [2.45, 2.75) is 5.25 Å². The van der Waals surface area contributed by atoms with E-state index < -0.39 is 5.95 Å². The van der Waals surface area contributed by atoms with E-state index in [0.717, 1.165) is 11.5 Å². The smallest absolute Gasteiger partial charge is 0.255 e. The fraction of sp³-hybridized carbons (Fsp3) is 0.455. The molecule has 0 aromatic carbocycles. The number of pyridine rings is 1. The predicted molar refractivity (Wildman–Crippen MR) is 70.1 cm³/mol. The van der Waals surface area contributed by atoms with Crippen molar-refractivity contribution in [3.63, 3.8) is 0 Å². The molecule has 0 saturated carbocycles. The summed E-state index contributed by atoms with van der Waals surface area (Å²) in [5.74, 6) is 2.24. The lowest BCUT2D eigenvalue weighted by Crippen LogP contribution is -2.33. The molecule has 1 aromatic rings. The minimum absolute atomic E-state index is 0.0148. The summed E-state index contributed by atoms with van der Waals surface area (Å²) in [6.07, 6.45) is 1.33. The maximum Gasteiger partial charge on any atom is 0.255 e. The first-order valence-corrected chi connectivity index (χ1v) is 7.56. The minimum Gasteiger partial charge on any atom is -0.351 e. The van der Waals surface area contributed by atoms with E-state index in [-0.39, 0.29) is 11.5 Å². The van der Waals surface area contributed by atoms with Crippen LogP contribution in [0.2, 0.25) is 0 Å². The second-order valence-electron chi connectivity index (χ2n) is 3.62. The molecule has 0 aliphatic carbocycles. The highest BCUT2D eigenvalue weighted by Crippen LogP contribution is 2.23. The van der Waals surface area contributed by atoms with E-state index in [0.29, 0.717) is 11.8 Å². The Kier molecular flexibility index (Phi) is 4.67. The molecule has 1 saturated heterocycles. The molecule has 1 aromatic heterocycles. The molecule has 1 aliphatic rings. The Labute approximate surface area is 108 Å². The lowest BCUT2D eigenvalue weighted by molar-refractivity contribution is 0.0949. The Morgan fingerprint density at radius 3 is 3.18 bits per heavy atom. The van der Waals surface area contributed by atoms with E-state index in [4.69, 9.17) is 0 Å². The van der Waals surface area contributed by atoms with E-state index in [1.165, 1.54) is 18.0 Å². The van der Waals surface area contributed by atoms with Gasteiger partial charge in [0.05, 0.1) is 5.56 Å². The summed E-state index contributed by atoms with van der Waals surface area (Å²) >= 11 is 3.75. The van der Waals surface area contributed by atoms with Gasteiger partial charge in [0, 0.05) is 35.3 Å². The van der Waals surface area contributed by atoms with Crippen molar-refractivity contribution in [3.05, 3.63) is 29.8 Å². The van der Waals surface area contributed by atoms with Gasteiger partial charge in [-0.3, -0.25) is 4.79 Å². The van der Waals surface area contributed by atoms with Crippen LogP contribution in [0, 0.1) is 5.95 Å². The van der Waals surface area contributed by atoms with Crippen molar-refractivity contribution >= 4 is 29.4 Å². The van der Waals surface area contributed by atoms with Crippen LogP contribution in [0.3, 0.4) is 0 Å². The molecule has 1 amide bonds. The third kappa shape index (κ3) is 3.61. The van der Waals surface area contributed by atoms with E-state index in [1.54, 1.807) is 6.07 Å². The number of hydrogen-bond acceptors (Lipinski definition) is 4. The van der Waals surface area contributed by atoms with Crippen molar-refractivity contribution < 1.29 is 9.18 Å². The Morgan fingerprint density at radius 1 is 1.59 bits per heavy atom. The van der Waals surface area contributed by atoms with E-state index in [1.807, 2.05) is 23.5 Å². The molecule has 0 spiro atoms. The van der Waals surface area contributed by atoms with Gasteiger partial charge in [-0.1, -0.05) is 0 Å². The normalized spacial score (nSPS) is 19.9. The molecule has 1 atom stereocenters. The molecule has 1 N–H and O–H groups in total. The van der Waals surface area contributed by atoms with Crippen LogP contribution in [0.25, 0.3) is 0 Å². The fourth-order valence-electron chi connectivity index (χ4n) is 1.51. The number of carbonyl (C=O) groups is 1. The van der Waals surface area contributed by atoms with Gasteiger partial charge in [0.25, 0.3) is 5.91 Å². The lowest BCUT2D eigenvalue weighted by atomic mass is 10.2. The van der Waals surface area contributed by atoms with Gasteiger partial charge in [0.1, 0.15) is 0 Å². The summed E-state index contributed by atoms with van der Waals surface area (Å²) in [6.45, 7) is 0.588. The number of thioether (sulfide) groups is 2. The highest BCUT2D eigenvalue weighted by molar-refractivity contribution is 8.06. The van der Waals surface area contributed by atoms with Gasteiger partial charge in [0.2, 0.25) is 5.95 Å². The molecule has 92 valence electrons. The van der Waals surface area contributed by atoms with Gasteiger partial charge in [-0.05, 0) is 12.1 Å². The zero-order valence-electron chi connectivity index (χ0n) is 9.19. The lowest BCUT2D eigenvalue weighted by Gasteiger charge is -2.21. The summed E-state index contributed by atoms with van der Waals surface area (Å²) in [5, 5.41) is 3.18. The van der Waals surface area contributed by atoms with Crippen molar-refractivity contribution in [1.82, 2.24) is 10.3 Å². The van der Waals surface area contributed by atoms with Crippen LogP contribution >= 0.6 is 23.5 Å². The Bertz CT molecular complexity index is 397. The maximum atomic E-state index is 13.2. The monoisotopic (exact) mass is 272 g/mol. The van der Waals surface area contributed by atoms with Crippen LogP contribution in [-0.2, 0) is 0 Å². The van der Waals surface area contributed by atoms with Crippen LogP contribution < -0.4 is 5.32 Å². The Morgan fingerprint density at radius 2 is 2.47 bits per heavy atom. The van der Waals surface area contributed by atoms with Crippen molar-refractivity contribution in [1.29, 1.82) is 0 Å². The van der Waals surface area contributed by atoms with Crippen LogP contribution in [0.15, 0.2) is 18.3 Å². The first kappa shape index (κ1) is 12.7. The van der Waals surface area contributed by atoms with Crippen LogP contribution in [0.4, 0.5) is 4.39 Å². The number of rotatable bonds is 3. The van der Waals surface area contributed by atoms with Gasteiger partial charge in [-0.2, -0.15) is 27.9 Å². The predicted octanol–water partition coefficient (Wildman–Crippen LogP) is 1.80. The third-order valence-electron chi connectivity index (χ3n) is 2.38. The zero-order valence-corrected chi connectivity index (χ0v) is 10.8. The average Bonchev–Trinajstić information content (AvgIpc) is 2.38. The average molecular weight is 272 g/mol. The molecule has 0 radical (unpaired) electrons. The van der Waals surface area contributed by atoms with Gasteiger partial charge < -0.3 is 5.32 Å². The fourth-order valence-corrected chi connectivity index (χ4v) is 4.12. The molecular formula is C11H13FN2OS2. The highest BCUT2D eigenvalue weighted by atomic mass is 32.2. The molecule has 6 heteroatoms. The summed E-state index contributed by atoms with van der Waals surface area (Å²) in [6, 6.07) is 3.00.